The molecule has 0 spiro atoms. The maximum absolute atomic E-state index is 14.0. The number of hydrogen-bond donors (Lipinski definition) is 2. The van der Waals surface area contributed by atoms with E-state index in [2.05, 4.69) is 15.0 Å². The molecule has 0 radical (unpaired) electrons. The zero-order chi connectivity index (χ0) is 19.3. The molecule has 0 unspecified atom stereocenters. The predicted octanol–water partition coefficient (Wildman–Crippen LogP) is 3.89. The standard InChI is InChI=1S/C18H14FN3O3S2/c19-16(12-13-4-2-1-3-5-13)17(23)21-14-6-8-15(9-7-14)27(24,25)22-18-20-10-11-26-18/h1-12H,(H,20,22)(H,21,23). The van der Waals surface area contributed by atoms with Gasteiger partial charge < -0.3 is 5.32 Å². The zero-order valence-corrected chi connectivity index (χ0v) is 15.4. The van der Waals surface area contributed by atoms with Crippen LogP contribution < -0.4 is 10.0 Å². The van der Waals surface area contributed by atoms with E-state index in [4.69, 9.17) is 0 Å². The minimum atomic E-state index is -3.79. The minimum absolute atomic E-state index is 0.00371. The van der Waals surface area contributed by atoms with Crippen LogP contribution in [0.5, 0.6) is 0 Å². The lowest BCUT2D eigenvalue weighted by Crippen LogP contribution is -2.14. The second-order valence-electron chi connectivity index (χ2n) is 5.32. The fourth-order valence-electron chi connectivity index (χ4n) is 2.12. The van der Waals surface area contributed by atoms with E-state index < -0.39 is 21.8 Å². The zero-order valence-electron chi connectivity index (χ0n) is 13.8. The van der Waals surface area contributed by atoms with Crippen LogP contribution in [0.15, 0.2) is 76.9 Å². The first-order valence-electron chi connectivity index (χ1n) is 7.70. The first-order chi connectivity index (χ1) is 12.9. The van der Waals surface area contributed by atoms with Gasteiger partial charge in [-0.3, -0.25) is 9.52 Å². The molecule has 1 amide bonds. The monoisotopic (exact) mass is 403 g/mol. The summed E-state index contributed by atoms with van der Waals surface area (Å²) < 4.78 is 40.8. The number of thiazole rings is 1. The summed E-state index contributed by atoms with van der Waals surface area (Å²) in [5.74, 6) is -1.88. The van der Waals surface area contributed by atoms with E-state index in [9.17, 15) is 17.6 Å². The van der Waals surface area contributed by atoms with Crippen molar-refractivity contribution >= 4 is 44.2 Å². The summed E-state index contributed by atoms with van der Waals surface area (Å²) in [4.78, 5) is 15.8. The molecule has 0 bridgehead atoms. The van der Waals surface area contributed by atoms with Crippen molar-refractivity contribution in [3.8, 4) is 0 Å². The SMILES string of the molecule is O=C(Nc1ccc(S(=O)(=O)Nc2nccs2)cc1)C(F)=Cc1ccccc1. The highest BCUT2D eigenvalue weighted by atomic mass is 32.2. The van der Waals surface area contributed by atoms with Crippen LogP contribution in [0.1, 0.15) is 5.56 Å². The molecule has 0 fully saturated rings. The van der Waals surface area contributed by atoms with Gasteiger partial charge in [-0.25, -0.2) is 17.8 Å². The van der Waals surface area contributed by atoms with E-state index in [-0.39, 0.29) is 15.7 Å². The average molecular weight is 403 g/mol. The Morgan fingerprint density at radius 2 is 1.78 bits per heavy atom. The topological polar surface area (TPSA) is 88.2 Å². The lowest BCUT2D eigenvalue weighted by atomic mass is 10.2. The number of nitrogens with zero attached hydrogens (tertiary/aromatic N) is 1. The normalized spacial score (nSPS) is 11.8. The highest BCUT2D eigenvalue weighted by Gasteiger charge is 2.16. The molecule has 0 atom stereocenters. The molecule has 0 aliphatic heterocycles. The Morgan fingerprint density at radius 3 is 2.41 bits per heavy atom. The van der Waals surface area contributed by atoms with Gasteiger partial charge in [0.15, 0.2) is 11.0 Å². The van der Waals surface area contributed by atoms with Crippen molar-refractivity contribution in [2.75, 3.05) is 10.0 Å². The van der Waals surface area contributed by atoms with E-state index >= 15 is 0 Å². The summed E-state index contributed by atoms with van der Waals surface area (Å²) in [6, 6.07) is 14.0. The molecule has 9 heteroatoms. The highest BCUT2D eigenvalue weighted by Crippen LogP contribution is 2.20. The van der Waals surface area contributed by atoms with Gasteiger partial charge in [-0.1, -0.05) is 30.3 Å². The number of carbonyl (C=O) groups excluding carboxylic acids is 1. The molecule has 0 saturated carbocycles. The van der Waals surface area contributed by atoms with Crippen LogP contribution in [0.4, 0.5) is 15.2 Å². The van der Waals surface area contributed by atoms with E-state index in [1.807, 2.05) is 0 Å². The van der Waals surface area contributed by atoms with Gasteiger partial charge >= 0.3 is 0 Å². The molecule has 0 saturated heterocycles. The number of carbonyl (C=O) groups is 1. The second-order valence-corrected chi connectivity index (χ2v) is 7.90. The first-order valence-corrected chi connectivity index (χ1v) is 10.1. The molecular formula is C18H14FN3O3S2. The molecule has 138 valence electrons. The van der Waals surface area contributed by atoms with Crippen molar-refractivity contribution in [1.29, 1.82) is 0 Å². The molecule has 0 aliphatic carbocycles. The number of halogens is 1. The fraction of sp³-hybridized carbons (Fsp3) is 0. The molecule has 0 aliphatic rings. The van der Waals surface area contributed by atoms with Gasteiger partial charge in [0.2, 0.25) is 0 Å². The largest absolute Gasteiger partial charge is 0.320 e. The molecule has 2 aromatic carbocycles. The Bertz CT molecular complexity index is 1050. The number of aromatic nitrogens is 1. The third kappa shape index (κ3) is 4.99. The second kappa shape index (κ2) is 8.11. The number of hydrogen-bond acceptors (Lipinski definition) is 5. The summed E-state index contributed by atoms with van der Waals surface area (Å²) in [7, 11) is -3.79. The molecule has 3 aromatic rings. The van der Waals surface area contributed by atoms with Crippen LogP contribution in [0.3, 0.4) is 0 Å². The Labute approximate surface area is 159 Å². The van der Waals surface area contributed by atoms with Gasteiger partial charge in [-0.05, 0) is 35.9 Å². The number of rotatable bonds is 6. The van der Waals surface area contributed by atoms with Crippen LogP contribution in [-0.4, -0.2) is 19.3 Å². The van der Waals surface area contributed by atoms with Crippen LogP contribution in [-0.2, 0) is 14.8 Å². The molecule has 3 rings (SSSR count). The van der Waals surface area contributed by atoms with Crippen molar-refractivity contribution in [1.82, 2.24) is 4.98 Å². The van der Waals surface area contributed by atoms with Gasteiger partial charge in [-0.2, -0.15) is 0 Å². The van der Waals surface area contributed by atoms with Crippen molar-refractivity contribution in [2.45, 2.75) is 4.90 Å². The van der Waals surface area contributed by atoms with Gasteiger partial charge in [-0.15, -0.1) is 11.3 Å². The van der Waals surface area contributed by atoms with Crippen LogP contribution in [0, 0.1) is 0 Å². The number of benzene rings is 2. The molecular weight excluding hydrogens is 389 g/mol. The summed E-state index contributed by atoms with van der Waals surface area (Å²) in [5, 5.41) is 4.28. The summed E-state index contributed by atoms with van der Waals surface area (Å²) in [6.45, 7) is 0. The molecule has 1 heterocycles. The quantitative estimate of drug-likeness (QED) is 0.611. The number of nitrogens with one attached hydrogen (secondary N) is 2. The Kier molecular flexibility index (Phi) is 5.63. The lowest BCUT2D eigenvalue weighted by Gasteiger charge is -2.07. The predicted molar refractivity (Wildman–Crippen MR) is 104 cm³/mol. The maximum atomic E-state index is 14.0. The lowest BCUT2D eigenvalue weighted by molar-refractivity contribution is -0.114. The van der Waals surface area contributed by atoms with Crippen molar-refractivity contribution < 1.29 is 17.6 Å². The van der Waals surface area contributed by atoms with Gasteiger partial charge in [0, 0.05) is 17.3 Å². The van der Waals surface area contributed by atoms with Gasteiger partial charge in [0.25, 0.3) is 15.9 Å². The summed E-state index contributed by atoms with van der Waals surface area (Å²) >= 11 is 1.15. The van der Waals surface area contributed by atoms with E-state index in [1.165, 1.54) is 30.5 Å². The van der Waals surface area contributed by atoms with E-state index in [0.29, 0.717) is 5.56 Å². The average Bonchev–Trinajstić information content (AvgIpc) is 3.15. The minimum Gasteiger partial charge on any atom is -0.320 e. The molecule has 6 nitrogen and oxygen atoms in total. The Hall–Kier alpha value is -3.04. The van der Waals surface area contributed by atoms with Crippen LogP contribution in [0.25, 0.3) is 6.08 Å². The summed E-state index contributed by atoms with van der Waals surface area (Å²) in [6.07, 6.45) is 2.60. The van der Waals surface area contributed by atoms with Crippen molar-refractivity contribution in [3.63, 3.8) is 0 Å². The summed E-state index contributed by atoms with van der Waals surface area (Å²) in [5.41, 5.74) is 0.824. The first kappa shape index (κ1) is 18.7. The van der Waals surface area contributed by atoms with Crippen LogP contribution >= 0.6 is 11.3 Å². The Balaban J connectivity index is 1.68. The maximum Gasteiger partial charge on any atom is 0.284 e. The number of amides is 1. The molecule has 2 N–H and O–H groups in total. The van der Waals surface area contributed by atoms with Gasteiger partial charge in [0.05, 0.1) is 4.90 Å². The van der Waals surface area contributed by atoms with Crippen molar-refractivity contribution in [2.24, 2.45) is 0 Å². The molecule has 27 heavy (non-hydrogen) atoms. The molecule has 1 aromatic heterocycles. The third-order valence-electron chi connectivity index (χ3n) is 3.39. The van der Waals surface area contributed by atoms with E-state index in [1.54, 1.807) is 35.7 Å². The number of sulfonamides is 1. The fourth-order valence-corrected chi connectivity index (χ4v) is 3.91. The highest BCUT2D eigenvalue weighted by molar-refractivity contribution is 7.93. The van der Waals surface area contributed by atoms with Crippen molar-refractivity contribution in [3.05, 3.63) is 77.6 Å². The number of anilines is 2. The van der Waals surface area contributed by atoms with Gasteiger partial charge in [0.1, 0.15) is 0 Å². The Morgan fingerprint density at radius 1 is 1.07 bits per heavy atom. The van der Waals surface area contributed by atoms with Crippen LogP contribution in [0.2, 0.25) is 0 Å². The van der Waals surface area contributed by atoms with E-state index in [0.717, 1.165) is 17.4 Å². The smallest absolute Gasteiger partial charge is 0.284 e. The third-order valence-corrected chi connectivity index (χ3v) is 5.56.